The van der Waals surface area contributed by atoms with Gasteiger partial charge in [-0.25, -0.2) is 5.43 Å². The third kappa shape index (κ3) is 3.65. The molecule has 0 atom stereocenters. The fourth-order valence-corrected chi connectivity index (χ4v) is 3.04. The summed E-state index contributed by atoms with van der Waals surface area (Å²) < 4.78 is 7.29. The van der Waals surface area contributed by atoms with Gasteiger partial charge in [0.05, 0.1) is 18.9 Å². The molecule has 140 valence electrons. The predicted molar refractivity (Wildman–Crippen MR) is 110 cm³/mol. The number of carbonyl (C=O) groups excluding carboxylic acids is 1. The summed E-state index contributed by atoms with van der Waals surface area (Å²) >= 11 is 0. The number of nitrogens with zero attached hydrogens (tertiary/aromatic N) is 3. The van der Waals surface area contributed by atoms with E-state index in [2.05, 4.69) is 10.5 Å². The molecule has 0 aliphatic carbocycles. The molecule has 0 fully saturated rings. The number of hydrogen-bond acceptors (Lipinski definition) is 4. The van der Waals surface area contributed by atoms with Crippen molar-refractivity contribution < 1.29 is 9.53 Å². The van der Waals surface area contributed by atoms with Crippen LogP contribution in [0, 0.1) is 6.92 Å². The van der Waals surface area contributed by atoms with Gasteiger partial charge >= 0.3 is 0 Å². The maximum Gasteiger partial charge on any atom is 0.273 e. The van der Waals surface area contributed by atoms with Gasteiger partial charge in [-0.15, -0.1) is 0 Å². The van der Waals surface area contributed by atoms with Gasteiger partial charge in [0.2, 0.25) is 0 Å². The normalized spacial score (nSPS) is 11.1. The minimum absolute atomic E-state index is 0.243. The lowest BCUT2D eigenvalue weighted by atomic mass is 10.1. The topological polar surface area (TPSA) is 58.9 Å². The van der Waals surface area contributed by atoms with Gasteiger partial charge in [-0.05, 0) is 42.8 Å². The van der Waals surface area contributed by atoms with Crippen molar-refractivity contribution >= 4 is 28.7 Å². The summed E-state index contributed by atoms with van der Waals surface area (Å²) in [7, 11) is 7.54. The van der Waals surface area contributed by atoms with Gasteiger partial charge in [0.15, 0.2) is 0 Å². The SMILES string of the molecule is COc1ccc2c(c1)c(C(=O)N/N=C\c1ccc(N(C)C)cc1)c(C)n2C. The van der Waals surface area contributed by atoms with E-state index in [1.54, 1.807) is 13.3 Å². The summed E-state index contributed by atoms with van der Waals surface area (Å²) in [5.74, 6) is 0.471. The average molecular weight is 364 g/mol. The van der Waals surface area contributed by atoms with Crippen LogP contribution in [0.5, 0.6) is 5.75 Å². The molecule has 1 heterocycles. The van der Waals surface area contributed by atoms with Crippen molar-refractivity contribution in [3.63, 3.8) is 0 Å². The van der Waals surface area contributed by atoms with E-state index in [-0.39, 0.29) is 5.91 Å². The van der Waals surface area contributed by atoms with E-state index in [9.17, 15) is 4.79 Å². The summed E-state index contributed by atoms with van der Waals surface area (Å²) in [6.07, 6.45) is 1.64. The van der Waals surface area contributed by atoms with E-state index in [0.29, 0.717) is 11.3 Å². The van der Waals surface area contributed by atoms with Crippen LogP contribution in [0.2, 0.25) is 0 Å². The van der Waals surface area contributed by atoms with E-state index >= 15 is 0 Å². The van der Waals surface area contributed by atoms with Crippen molar-refractivity contribution in [1.82, 2.24) is 9.99 Å². The van der Waals surface area contributed by atoms with Gasteiger partial charge in [0, 0.05) is 43.4 Å². The molecule has 1 N–H and O–H groups in total. The maximum absolute atomic E-state index is 12.7. The van der Waals surface area contributed by atoms with E-state index < -0.39 is 0 Å². The molecular formula is C21H24N4O2. The number of hydrogen-bond donors (Lipinski definition) is 1. The van der Waals surface area contributed by atoms with E-state index in [1.165, 1.54) is 0 Å². The Bertz CT molecular complexity index is 1000. The van der Waals surface area contributed by atoms with Crippen LogP contribution >= 0.6 is 0 Å². The van der Waals surface area contributed by atoms with Crippen molar-refractivity contribution in [2.45, 2.75) is 6.92 Å². The molecule has 0 aliphatic rings. The fraction of sp³-hybridized carbons (Fsp3) is 0.238. The molecule has 0 saturated heterocycles. The fourth-order valence-electron chi connectivity index (χ4n) is 3.04. The van der Waals surface area contributed by atoms with Crippen LogP contribution in [-0.4, -0.2) is 37.9 Å². The molecule has 6 nitrogen and oxygen atoms in total. The predicted octanol–water partition coefficient (Wildman–Crippen LogP) is 3.33. The second-order valence-corrected chi connectivity index (χ2v) is 6.59. The maximum atomic E-state index is 12.7. The van der Waals surface area contributed by atoms with E-state index in [0.717, 1.165) is 27.8 Å². The number of amides is 1. The Balaban J connectivity index is 1.82. The van der Waals surface area contributed by atoms with Gasteiger partial charge in [-0.1, -0.05) is 12.1 Å². The molecule has 6 heteroatoms. The van der Waals surface area contributed by atoms with Gasteiger partial charge < -0.3 is 14.2 Å². The van der Waals surface area contributed by atoms with Crippen LogP contribution in [0.1, 0.15) is 21.6 Å². The first-order valence-corrected chi connectivity index (χ1v) is 8.66. The molecule has 0 bridgehead atoms. The first kappa shape index (κ1) is 18.5. The number of ether oxygens (including phenoxy) is 1. The van der Waals surface area contributed by atoms with Crippen LogP contribution in [0.15, 0.2) is 47.6 Å². The van der Waals surface area contributed by atoms with Crippen LogP contribution in [0.4, 0.5) is 5.69 Å². The zero-order chi connectivity index (χ0) is 19.6. The Morgan fingerprint density at radius 3 is 2.52 bits per heavy atom. The smallest absolute Gasteiger partial charge is 0.273 e. The van der Waals surface area contributed by atoms with E-state index in [4.69, 9.17) is 4.74 Å². The third-order valence-electron chi connectivity index (χ3n) is 4.72. The Labute approximate surface area is 159 Å². The zero-order valence-electron chi connectivity index (χ0n) is 16.3. The highest BCUT2D eigenvalue weighted by molar-refractivity contribution is 6.08. The van der Waals surface area contributed by atoms with Crippen molar-refractivity contribution in [3.05, 3.63) is 59.3 Å². The highest BCUT2D eigenvalue weighted by atomic mass is 16.5. The molecule has 0 radical (unpaired) electrons. The minimum Gasteiger partial charge on any atom is -0.497 e. The molecule has 0 unspecified atom stereocenters. The van der Waals surface area contributed by atoms with Crippen molar-refractivity contribution in [1.29, 1.82) is 0 Å². The number of aryl methyl sites for hydroxylation is 1. The van der Waals surface area contributed by atoms with Crippen LogP contribution < -0.4 is 15.1 Å². The average Bonchev–Trinajstić information content (AvgIpc) is 2.92. The summed E-state index contributed by atoms with van der Waals surface area (Å²) in [5, 5.41) is 4.96. The Morgan fingerprint density at radius 1 is 1.19 bits per heavy atom. The van der Waals surface area contributed by atoms with Gasteiger partial charge in [0.25, 0.3) is 5.91 Å². The molecule has 3 aromatic rings. The highest BCUT2D eigenvalue weighted by Crippen LogP contribution is 2.28. The monoisotopic (exact) mass is 364 g/mol. The molecule has 3 rings (SSSR count). The summed E-state index contributed by atoms with van der Waals surface area (Å²) in [4.78, 5) is 14.8. The highest BCUT2D eigenvalue weighted by Gasteiger charge is 2.18. The molecule has 27 heavy (non-hydrogen) atoms. The summed E-state index contributed by atoms with van der Waals surface area (Å²) in [6, 6.07) is 13.6. The molecule has 0 spiro atoms. The number of hydrazone groups is 1. The number of methoxy groups -OCH3 is 1. The number of anilines is 1. The number of benzene rings is 2. The third-order valence-corrected chi connectivity index (χ3v) is 4.72. The Hall–Kier alpha value is -3.28. The second-order valence-electron chi connectivity index (χ2n) is 6.59. The lowest BCUT2D eigenvalue weighted by molar-refractivity contribution is 0.0956. The molecule has 0 saturated carbocycles. The van der Waals surface area contributed by atoms with Gasteiger partial charge in [-0.3, -0.25) is 4.79 Å². The lowest BCUT2D eigenvalue weighted by Gasteiger charge is -2.11. The van der Waals surface area contributed by atoms with Gasteiger partial charge in [-0.2, -0.15) is 5.10 Å². The number of fused-ring (bicyclic) bond motifs is 1. The van der Waals surface area contributed by atoms with Gasteiger partial charge in [0.1, 0.15) is 5.75 Å². The molecular weight excluding hydrogens is 340 g/mol. The molecule has 1 aromatic heterocycles. The van der Waals surface area contributed by atoms with Crippen LogP contribution in [0.3, 0.4) is 0 Å². The van der Waals surface area contributed by atoms with Crippen molar-refractivity contribution in [2.24, 2.45) is 12.1 Å². The number of rotatable bonds is 5. The number of carbonyl (C=O) groups is 1. The Kier molecular flexibility index (Phi) is 5.16. The Morgan fingerprint density at radius 2 is 1.89 bits per heavy atom. The van der Waals surface area contributed by atoms with Crippen molar-refractivity contribution in [2.75, 3.05) is 26.1 Å². The first-order valence-electron chi connectivity index (χ1n) is 8.66. The second kappa shape index (κ2) is 7.53. The summed E-state index contributed by atoms with van der Waals surface area (Å²) in [6.45, 7) is 1.92. The first-order chi connectivity index (χ1) is 12.9. The molecule has 1 amide bonds. The number of nitrogens with one attached hydrogen (secondary N) is 1. The molecule has 0 aliphatic heterocycles. The van der Waals surface area contributed by atoms with Crippen molar-refractivity contribution in [3.8, 4) is 5.75 Å². The summed E-state index contributed by atoms with van der Waals surface area (Å²) in [5.41, 5.74) is 7.11. The minimum atomic E-state index is -0.243. The lowest BCUT2D eigenvalue weighted by Crippen LogP contribution is -2.18. The van der Waals surface area contributed by atoms with Crippen LogP contribution in [-0.2, 0) is 7.05 Å². The molecule has 2 aromatic carbocycles. The number of aromatic nitrogens is 1. The zero-order valence-corrected chi connectivity index (χ0v) is 16.3. The van der Waals surface area contributed by atoms with Crippen LogP contribution in [0.25, 0.3) is 10.9 Å². The largest absolute Gasteiger partial charge is 0.497 e. The quantitative estimate of drug-likeness (QED) is 0.558. The standard InChI is InChI=1S/C21H24N4O2/c1-14-20(18-12-17(27-5)10-11-19(18)25(14)4)21(26)23-22-13-15-6-8-16(9-7-15)24(2)3/h6-13H,1-5H3,(H,23,26)/b22-13-. The van der Waals surface area contributed by atoms with E-state index in [1.807, 2.05) is 80.0 Å².